The molecule has 2 aromatic rings. The van der Waals surface area contributed by atoms with Crippen LogP contribution in [0.3, 0.4) is 0 Å². The summed E-state index contributed by atoms with van der Waals surface area (Å²) in [6.07, 6.45) is 0. The molecule has 0 unspecified atom stereocenters. The molecule has 0 bridgehead atoms. The van der Waals surface area contributed by atoms with Gasteiger partial charge in [-0.3, -0.25) is 0 Å². The molecule has 11 heteroatoms. The topological polar surface area (TPSA) is 43.4 Å². The molecule has 0 aliphatic carbocycles. The minimum atomic E-state index is -5.03. The summed E-state index contributed by atoms with van der Waals surface area (Å²) in [5.41, 5.74) is 0. The van der Waals surface area contributed by atoms with Crippen molar-refractivity contribution in [2.24, 2.45) is 0 Å². The van der Waals surface area contributed by atoms with Crippen molar-refractivity contribution in [2.45, 2.75) is 4.90 Å². The van der Waals surface area contributed by atoms with Crippen LogP contribution in [-0.2, 0) is 10.1 Å². The van der Waals surface area contributed by atoms with E-state index in [-0.39, 0.29) is 0 Å². The third-order valence-corrected chi connectivity index (χ3v) is 4.05. The minimum Gasteiger partial charge on any atom is -0.372 e. The number of hydrogen-bond acceptors (Lipinski definition) is 3. The maximum absolute atomic E-state index is 13.4. The summed E-state index contributed by atoms with van der Waals surface area (Å²) < 4.78 is 106. The summed E-state index contributed by atoms with van der Waals surface area (Å²) in [5.74, 6) is -15.2. The van der Waals surface area contributed by atoms with Crippen LogP contribution < -0.4 is 4.18 Å². The Morgan fingerprint density at radius 2 is 1.30 bits per heavy atom. The van der Waals surface area contributed by atoms with Gasteiger partial charge in [-0.15, -0.1) is 0 Å². The molecular formula is C12H3ClF6O3S. The quantitative estimate of drug-likeness (QED) is 0.353. The Bertz CT molecular complexity index is 871. The van der Waals surface area contributed by atoms with Crippen molar-refractivity contribution in [1.82, 2.24) is 0 Å². The van der Waals surface area contributed by atoms with E-state index in [1.165, 1.54) is 0 Å². The van der Waals surface area contributed by atoms with E-state index in [0.717, 1.165) is 0 Å². The van der Waals surface area contributed by atoms with Gasteiger partial charge in [-0.25, -0.2) is 17.6 Å². The van der Waals surface area contributed by atoms with Crippen molar-refractivity contribution >= 4 is 21.7 Å². The van der Waals surface area contributed by atoms with Gasteiger partial charge in [-0.05, 0) is 18.2 Å². The van der Waals surface area contributed by atoms with Crippen molar-refractivity contribution in [2.75, 3.05) is 0 Å². The van der Waals surface area contributed by atoms with E-state index >= 15 is 0 Å². The molecule has 0 spiro atoms. The first kappa shape index (κ1) is 17.4. The van der Waals surface area contributed by atoms with Crippen LogP contribution in [0.5, 0.6) is 5.75 Å². The zero-order valence-corrected chi connectivity index (χ0v) is 12.1. The van der Waals surface area contributed by atoms with Crippen LogP contribution in [0.4, 0.5) is 26.3 Å². The monoisotopic (exact) mass is 376 g/mol. The van der Waals surface area contributed by atoms with Gasteiger partial charge in [-0.2, -0.15) is 17.2 Å². The zero-order valence-electron chi connectivity index (χ0n) is 10.5. The first-order valence-corrected chi connectivity index (χ1v) is 7.26. The van der Waals surface area contributed by atoms with Crippen molar-refractivity contribution in [3.05, 3.63) is 58.1 Å². The predicted octanol–water partition coefficient (Wildman–Crippen LogP) is 3.94. The molecule has 0 saturated carbocycles. The molecule has 0 aliphatic rings. The van der Waals surface area contributed by atoms with Gasteiger partial charge in [0.05, 0.1) is 5.02 Å². The number of hydrogen-bond donors (Lipinski definition) is 0. The first-order chi connectivity index (χ1) is 10.6. The Morgan fingerprint density at radius 1 is 0.826 bits per heavy atom. The van der Waals surface area contributed by atoms with E-state index in [1.807, 2.05) is 0 Å². The molecule has 0 aromatic heterocycles. The summed E-state index contributed by atoms with van der Waals surface area (Å²) in [6.45, 7) is 0. The van der Waals surface area contributed by atoms with E-state index in [0.29, 0.717) is 18.2 Å². The number of halogens is 7. The van der Waals surface area contributed by atoms with E-state index in [1.54, 1.807) is 0 Å². The normalized spacial score (nSPS) is 11.6. The summed E-state index contributed by atoms with van der Waals surface area (Å²) in [7, 11) is -5.03. The van der Waals surface area contributed by atoms with Crippen LogP contribution in [0.25, 0.3) is 0 Å². The molecule has 0 N–H and O–H groups in total. The smallest absolute Gasteiger partial charge is 0.339 e. The lowest BCUT2D eigenvalue weighted by Gasteiger charge is -2.10. The largest absolute Gasteiger partial charge is 0.372 e. The maximum atomic E-state index is 13.4. The second-order valence-corrected chi connectivity index (χ2v) is 5.97. The van der Waals surface area contributed by atoms with E-state index in [9.17, 15) is 34.8 Å². The molecule has 0 aliphatic heterocycles. The molecule has 2 aromatic carbocycles. The van der Waals surface area contributed by atoms with E-state index in [2.05, 4.69) is 4.18 Å². The Kier molecular flexibility index (Phi) is 4.49. The molecule has 0 saturated heterocycles. The fourth-order valence-corrected chi connectivity index (χ4v) is 2.65. The van der Waals surface area contributed by atoms with Crippen LogP contribution in [0.1, 0.15) is 0 Å². The van der Waals surface area contributed by atoms with Crippen LogP contribution in [0.15, 0.2) is 23.1 Å². The molecule has 0 atom stereocenters. The Morgan fingerprint density at radius 3 is 1.78 bits per heavy atom. The molecule has 3 nitrogen and oxygen atoms in total. The molecule has 0 radical (unpaired) electrons. The van der Waals surface area contributed by atoms with Crippen LogP contribution in [-0.4, -0.2) is 8.42 Å². The van der Waals surface area contributed by atoms with Gasteiger partial charge in [0.2, 0.25) is 34.8 Å². The highest BCUT2D eigenvalue weighted by molar-refractivity contribution is 7.87. The minimum absolute atomic E-state index is 0.540. The van der Waals surface area contributed by atoms with Crippen molar-refractivity contribution in [3.63, 3.8) is 0 Å². The summed E-state index contributed by atoms with van der Waals surface area (Å²) >= 11 is 5.34. The molecular weight excluding hydrogens is 374 g/mol. The molecule has 23 heavy (non-hydrogen) atoms. The zero-order chi connectivity index (χ0) is 17.5. The summed E-state index contributed by atoms with van der Waals surface area (Å²) in [5, 5.41) is -0.660. The van der Waals surface area contributed by atoms with Crippen molar-refractivity contribution in [3.8, 4) is 5.75 Å². The van der Waals surface area contributed by atoms with Gasteiger partial charge < -0.3 is 4.18 Å². The molecule has 0 fully saturated rings. The third-order valence-electron chi connectivity index (χ3n) is 2.54. The highest BCUT2D eigenvalue weighted by Gasteiger charge is 2.31. The lowest BCUT2D eigenvalue weighted by molar-refractivity contribution is 0.346. The standard InChI is InChI=1S/C12H3ClF6O3S/c13-5-3-4(1-2-6(5)14)23(20,21)22-12-10(18)8(16)7(15)9(17)11(12)19/h1-3H. The Balaban J connectivity index is 2.56. The SMILES string of the molecule is O=S(=O)(Oc1c(F)c(F)c(F)c(F)c1F)c1ccc(F)c(Cl)c1. The second-order valence-electron chi connectivity index (χ2n) is 4.01. The number of rotatable bonds is 3. The van der Waals surface area contributed by atoms with Crippen LogP contribution in [0, 0.1) is 34.9 Å². The molecule has 0 amide bonds. The fourth-order valence-electron chi connectivity index (χ4n) is 1.45. The Labute approximate surface area is 130 Å². The molecule has 2 rings (SSSR count). The maximum Gasteiger partial charge on any atom is 0.339 e. The molecule has 124 valence electrons. The lowest BCUT2D eigenvalue weighted by atomic mass is 10.3. The highest BCUT2D eigenvalue weighted by Crippen LogP contribution is 2.31. The van der Waals surface area contributed by atoms with Crippen LogP contribution >= 0.6 is 11.6 Å². The fraction of sp³-hybridized carbons (Fsp3) is 0. The van der Waals surface area contributed by atoms with Gasteiger partial charge >= 0.3 is 10.1 Å². The van der Waals surface area contributed by atoms with E-state index < -0.39 is 60.7 Å². The van der Waals surface area contributed by atoms with Crippen LogP contribution in [0.2, 0.25) is 5.02 Å². The van der Waals surface area contributed by atoms with Gasteiger partial charge in [0.25, 0.3) is 0 Å². The average molecular weight is 377 g/mol. The van der Waals surface area contributed by atoms with Gasteiger partial charge in [0.1, 0.15) is 10.7 Å². The van der Waals surface area contributed by atoms with E-state index in [4.69, 9.17) is 11.6 Å². The second kappa shape index (κ2) is 5.93. The molecule has 0 heterocycles. The van der Waals surface area contributed by atoms with Gasteiger partial charge in [0.15, 0.2) is 0 Å². The van der Waals surface area contributed by atoms with Gasteiger partial charge in [-0.1, -0.05) is 11.6 Å². The predicted molar refractivity (Wildman–Crippen MR) is 65.5 cm³/mol. The Hall–Kier alpha value is -1.94. The summed E-state index contributed by atoms with van der Waals surface area (Å²) in [6, 6.07) is 1.78. The third kappa shape index (κ3) is 3.08. The van der Waals surface area contributed by atoms with Crippen molar-refractivity contribution < 1.29 is 38.9 Å². The highest BCUT2D eigenvalue weighted by atomic mass is 35.5. The first-order valence-electron chi connectivity index (χ1n) is 5.47. The average Bonchev–Trinajstić information content (AvgIpc) is 2.50. The van der Waals surface area contributed by atoms with Crippen molar-refractivity contribution in [1.29, 1.82) is 0 Å². The number of benzene rings is 2. The summed E-state index contributed by atoms with van der Waals surface area (Å²) in [4.78, 5) is -0.854. The van der Waals surface area contributed by atoms with Gasteiger partial charge in [0, 0.05) is 0 Å². The lowest BCUT2D eigenvalue weighted by Crippen LogP contribution is -2.14.